The van der Waals surface area contributed by atoms with Gasteiger partial charge in [-0.2, -0.15) is 0 Å². The number of hydrogen-bond donors (Lipinski definition) is 2. The van der Waals surface area contributed by atoms with Gasteiger partial charge in [-0.3, -0.25) is 0 Å². The molecule has 18 heavy (non-hydrogen) atoms. The number of aromatic hydroxyl groups is 1. The lowest BCUT2D eigenvalue weighted by Crippen LogP contribution is -2.32. The van der Waals surface area contributed by atoms with Gasteiger partial charge in [-0.05, 0) is 50.0 Å². The highest BCUT2D eigenvalue weighted by Gasteiger charge is 2.12. The third-order valence-electron chi connectivity index (χ3n) is 3.72. The van der Waals surface area contributed by atoms with Gasteiger partial charge in [-0.15, -0.1) is 0 Å². The lowest BCUT2D eigenvalue weighted by Gasteiger charge is -2.20. The molecule has 1 atom stereocenters. The van der Waals surface area contributed by atoms with Gasteiger partial charge in [0.1, 0.15) is 5.75 Å². The summed E-state index contributed by atoms with van der Waals surface area (Å²) in [6, 6.07) is 7.94. The summed E-state index contributed by atoms with van der Waals surface area (Å²) in [5, 5.41) is 12.9. The van der Waals surface area contributed by atoms with E-state index in [1.807, 2.05) is 12.1 Å². The Morgan fingerprint density at radius 3 is 2.50 bits per heavy atom. The number of rotatable bonds is 6. The van der Waals surface area contributed by atoms with Crippen LogP contribution in [0.5, 0.6) is 5.75 Å². The van der Waals surface area contributed by atoms with Gasteiger partial charge >= 0.3 is 0 Å². The average Bonchev–Trinajstić information content (AvgIpc) is 2.89. The Morgan fingerprint density at radius 2 is 1.89 bits per heavy atom. The quantitative estimate of drug-likeness (QED) is 0.812. The van der Waals surface area contributed by atoms with E-state index < -0.39 is 0 Å². The predicted molar refractivity (Wildman–Crippen MR) is 74.8 cm³/mol. The molecular weight excluding hydrogens is 224 g/mol. The third kappa shape index (κ3) is 3.72. The zero-order valence-electron chi connectivity index (χ0n) is 11.2. The van der Waals surface area contributed by atoms with Crippen molar-refractivity contribution in [2.24, 2.45) is 0 Å². The van der Waals surface area contributed by atoms with Crippen molar-refractivity contribution < 1.29 is 5.11 Å². The van der Waals surface area contributed by atoms with Crippen molar-refractivity contribution in [1.82, 2.24) is 10.2 Å². The Labute approximate surface area is 110 Å². The number of nitrogens with zero attached hydrogens (tertiary/aromatic N) is 1. The first kappa shape index (κ1) is 13.4. The van der Waals surface area contributed by atoms with E-state index in [4.69, 9.17) is 0 Å². The average molecular weight is 248 g/mol. The van der Waals surface area contributed by atoms with Crippen molar-refractivity contribution >= 4 is 0 Å². The minimum Gasteiger partial charge on any atom is -0.508 e. The standard InChI is InChI=1S/C15H24N2O/c1-2-15(13-5-7-14(18)8-6-13)16-9-12-17-10-3-4-11-17/h5-8,15-16,18H,2-4,9-12H2,1H3. The van der Waals surface area contributed by atoms with Gasteiger partial charge in [0.2, 0.25) is 0 Å². The van der Waals surface area contributed by atoms with Gasteiger partial charge in [-0.25, -0.2) is 0 Å². The molecule has 1 unspecified atom stereocenters. The SMILES string of the molecule is CCC(NCCN1CCCC1)c1ccc(O)cc1. The van der Waals surface area contributed by atoms with Crippen molar-refractivity contribution in [1.29, 1.82) is 0 Å². The summed E-state index contributed by atoms with van der Waals surface area (Å²) < 4.78 is 0. The number of nitrogens with one attached hydrogen (secondary N) is 1. The summed E-state index contributed by atoms with van der Waals surface area (Å²) in [6.07, 6.45) is 3.79. The largest absolute Gasteiger partial charge is 0.508 e. The van der Waals surface area contributed by atoms with Gasteiger partial charge in [0.25, 0.3) is 0 Å². The highest BCUT2D eigenvalue weighted by molar-refractivity contribution is 5.27. The molecule has 1 saturated heterocycles. The zero-order valence-corrected chi connectivity index (χ0v) is 11.2. The number of likely N-dealkylation sites (tertiary alicyclic amines) is 1. The smallest absolute Gasteiger partial charge is 0.115 e. The summed E-state index contributed by atoms with van der Waals surface area (Å²) in [5.41, 5.74) is 1.26. The fourth-order valence-corrected chi connectivity index (χ4v) is 2.61. The van der Waals surface area contributed by atoms with Crippen molar-refractivity contribution in [3.63, 3.8) is 0 Å². The molecule has 0 aliphatic carbocycles. The summed E-state index contributed by atoms with van der Waals surface area (Å²) in [5.74, 6) is 0.339. The minimum absolute atomic E-state index is 0.339. The Bertz CT molecular complexity index is 344. The summed E-state index contributed by atoms with van der Waals surface area (Å²) in [6.45, 7) is 6.91. The highest BCUT2D eigenvalue weighted by atomic mass is 16.3. The van der Waals surface area contributed by atoms with Crippen LogP contribution in [0.25, 0.3) is 0 Å². The topological polar surface area (TPSA) is 35.5 Å². The highest BCUT2D eigenvalue weighted by Crippen LogP contribution is 2.19. The molecule has 0 aromatic heterocycles. The van der Waals surface area contributed by atoms with Gasteiger partial charge in [0.15, 0.2) is 0 Å². The molecule has 0 bridgehead atoms. The Hall–Kier alpha value is -1.06. The second-order valence-corrected chi connectivity index (χ2v) is 5.06. The van der Waals surface area contributed by atoms with E-state index in [1.54, 1.807) is 12.1 Å². The van der Waals surface area contributed by atoms with Gasteiger partial charge in [-0.1, -0.05) is 19.1 Å². The molecule has 1 heterocycles. The fraction of sp³-hybridized carbons (Fsp3) is 0.600. The van der Waals surface area contributed by atoms with Crippen LogP contribution in [0, 0.1) is 0 Å². The second-order valence-electron chi connectivity index (χ2n) is 5.06. The lowest BCUT2D eigenvalue weighted by atomic mass is 10.0. The molecule has 2 N–H and O–H groups in total. The van der Waals surface area contributed by atoms with Crippen LogP contribution in [-0.4, -0.2) is 36.2 Å². The minimum atomic E-state index is 0.339. The molecule has 1 aliphatic rings. The molecule has 1 aromatic rings. The molecule has 0 amide bonds. The maximum atomic E-state index is 9.30. The van der Waals surface area contributed by atoms with Crippen molar-refractivity contribution in [2.45, 2.75) is 32.2 Å². The van der Waals surface area contributed by atoms with E-state index in [1.165, 1.54) is 31.5 Å². The molecule has 100 valence electrons. The van der Waals surface area contributed by atoms with E-state index in [-0.39, 0.29) is 0 Å². The maximum Gasteiger partial charge on any atom is 0.115 e. The van der Waals surface area contributed by atoms with Crippen LogP contribution >= 0.6 is 0 Å². The van der Waals surface area contributed by atoms with Crippen LogP contribution in [0.4, 0.5) is 0 Å². The Morgan fingerprint density at radius 1 is 1.22 bits per heavy atom. The van der Waals surface area contributed by atoms with E-state index in [0.717, 1.165) is 19.5 Å². The van der Waals surface area contributed by atoms with Crippen molar-refractivity contribution in [2.75, 3.05) is 26.2 Å². The monoisotopic (exact) mass is 248 g/mol. The lowest BCUT2D eigenvalue weighted by molar-refractivity contribution is 0.326. The second kappa shape index (κ2) is 6.76. The molecule has 1 aromatic carbocycles. The number of phenols is 1. The third-order valence-corrected chi connectivity index (χ3v) is 3.72. The van der Waals surface area contributed by atoms with Crippen molar-refractivity contribution in [3.8, 4) is 5.75 Å². The molecule has 0 spiro atoms. The van der Waals surface area contributed by atoms with Crippen LogP contribution in [0.2, 0.25) is 0 Å². The maximum absolute atomic E-state index is 9.30. The van der Waals surface area contributed by atoms with Gasteiger partial charge in [0.05, 0.1) is 0 Å². The first-order chi connectivity index (χ1) is 8.79. The molecule has 3 nitrogen and oxygen atoms in total. The predicted octanol–water partition coefficient (Wildman–Crippen LogP) is 2.53. The molecular formula is C15H24N2O. The van der Waals surface area contributed by atoms with E-state index in [9.17, 15) is 5.11 Å². The Balaban J connectivity index is 1.79. The number of phenolic OH excluding ortho intramolecular Hbond substituents is 1. The first-order valence-electron chi connectivity index (χ1n) is 7.04. The summed E-state index contributed by atoms with van der Waals surface area (Å²) in [4.78, 5) is 2.52. The van der Waals surface area contributed by atoms with Crippen LogP contribution in [0.15, 0.2) is 24.3 Å². The van der Waals surface area contributed by atoms with Crippen LogP contribution in [0.3, 0.4) is 0 Å². The van der Waals surface area contributed by atoms with E-state index in [2.05, 4.69) is 17.1 Å². The fourth-order valence-electron chi connectivity index (χ4n) is 2.61. The van der Waals surface area contributed by atoms with Gasteiger partial charge in [0, 0.05) is 19.1 Å². The van der Waals surface area contributed by atoms with E-state index >= 15 is 0 Å². The molecule has 1 aliphatic heterocycles. The first-order valence-corrected chi connectivity index (χ1v) is 7.04. The molecule has 2 rings (SSSR count). The zero-order chi connectivity index (χ0) is 12.8. The van der Waals surface area contributed by atoms with Crippen LogP contribution < -0.4 is 5.32 Å². The number of benzene rings is 1. The molecule has 0 saturated carbocycles. The van der Waals surface area contributed by atoms with E-state index in [0.29, 0.717) is 11.8 Å². The van der Waals surface area contributed by atoms with Crippen LogP contribution in [-0.2, 0) is 0 Å². The normalized spacial score (nSPS) is 18.1. The van der Waals surface area contributed by atoms with Gasteiger partial charge < -0.3 is 15.3 Å². The van der Waals surface area contributed by atoms with Crippen molar-refractivity contribution in [3.05, 3.63) is 29.8 Å². The molecule has 1 fully saturated rings. The Kier molecular flexibility index (Phi) is 5.02. The summed E-state index contributed by atoms with van der Waals surface area (Å²) in [7, 11) is 0. The van der Waals surface area contributed by atoms with Crippen LogP contribution in [0.1, 0.15) is 37.8 Å². The molecule has 3 heteroatoms. The number of hydrogen-bond acceptors (Lipinski definition) is 3. The molecule has 0 radical (unpaired) electrons. The summed E-state index contributed by atoms with van der Waals surface area (Å²) >= 11 is 0.